The molecular weight excluding hydrogens is 316 g/mol. The van der Waals surface area contributed by atoms with Crippen LogP contribution in [0.15, 0.2) is 6.07 Å². The Morgan fingerprint density at radius 3 is 2.43 bits per heavy atom. The number of nitrogens with one attached hydrogen (secondary N) is 1. The number of thiophene rings is 1. The molecule has 0 aliphatic rings. The summed E-state index contributed by atoms with van der Waals surface area (Å²) in [7, 11) is 0. The second kappa shape index (κ2) is 8.67. The molecule has 128 valence electrons. The zero-order chi connectivity index (χ0) is 17.6. The van der Waals surface area contributed by atoms with Crippen LogP contribution in [0.25, 0.3) is 0 Å². The molecule has 0 saturated carbocycles. The first-order valence-electron chi connectivity index (χ1n) is 7.72. The second-order valence-corrected chi connectivity index (χ2v) is 6.72. The van der Waals surface area contributed by atoms with Gasteiger partial charge in [-0.05, 0) is 30.4 Å². The molecule has 0 fully saturated rings. The van der Waals surface area contributed by atoms with Crippen LogP contribution in [0.2, 0.25) is 0 Å². The summed E-state index contributed by atoms with van der Waals surface area (Å²) in [5, 5.41) is 1.96. The van der Waals surface area contributed by atoms with Gasteiger partial charge in [-0.25, -0.2) is 9.59 Å². The number of esters is 1. The summed E-state index contributed by atoms with van der Waals surface area (Å²) in [4.78, 5) is 36.7. The number of primary amides is 1. The number of hydrogen-bond donors (Lipinski definition) is 2. The van der Waals surface area contributed by atoms with E-state index in [2.05, 4.69) is 6.92 Å². The van der Waals surface area contributed by atoms with E-state index in [4.69, 9.17) is 10.5 Å². The van der Waals surface area contributed by atoms with E-state index in [-0.39, 0.29) is 5.92 Å². The minimum atomic E-state index is -1.06. The number of nitrogens with two attached hydrogens (primary N) is 1. The van der Waals surface area contributed by atoms with Gasteiger partial charge >= 0.3 is 12.0 Å². The summed E-state index contributed by atoms with van der Waals surface area (Å²) in [6.45, 7) is 7.58. The fourth-order valence-electron chi connectivity index (χ4n) is 2.16. The van der Waals surface area contributed by atoms with Crippen molar-refractivity contribution in [2.24, 2.45) is 11.7 Å². The first-order valence-corrected chi connectivity index (χ1v) is 8.54. The van der Waals surface area contributed by atoms with Gasteiger partial charge in [0.25, 0.3) is 5.91 Å². The Morgan fingerprint density at radius 2 is 1.96 bits per heavy atom. The Hall–Kier alpha value is -1.89. The van der Waals surface area contributed by atoms with Crippen LogP contribution in [-0.4, -0.2) is 24.0 Å². The molecule has 0 aliphatic heterocycles. The van der Waals surface area contributed by atoms with Crippen LogP contribution < -0.4 is 11.1 Å². The number of hydrogen-bond acceptors (Lipinski definition) is 5. The Kier molecular flexibility index (Phi) is 7.22. The highest BCUT2D eigenvalue weighted by Gasteiger charge is 2.28. The first kappa shape index (κ1) is 19.2. The van der Waals surface area contributed by atoms with Crippen molar-refractivity contribution in [1.29, 1.82) is 0 Å². The third-order valence-electron chi connectivity index (χ3n) is 3.30. The number of carbonyl (C=O) groups excluding carboxylic acids is 3. The number of ether oxygens (including phenoxy) is 1. The quantitative estimate of drug-likeness (QED) is 0.745. The largest absolute Gasteiger partial charge is 0.448 e. The summed E-state index contributed by atoms with van der Waals surface area (Å²) in [5.74, 6) is -1.54. The Balaban J connectivity index is 2.90. The fraction of sp³-hybridized carbons (Fsp3) is 0.562. The van der Waals surface area contributed by atoms with E-state index in [0.29, 0.717) is 4.88 Å². The molecule has 0 aromatic carbocycles. The molecule has 1 aromatic heterocycles. The van der Waals surface area contributed by atoms with Crippen LogP contribution in [0.1, 0.15) is 54.2 Å². The van der Waals surface area contributed by atoms with Crippen molar-refractivity contribution < 1.29 is 19.1 Å². The van der Waals surface area contributed by atoms with E-state index in [1.807, 2.05) is 18.3 Å². The average molecular weight is 340 g/mol. The highest BCUT2D eigenvalue weighted by molar-refractivity contribution is 7.14. The predicted octanol–water partition coefficient (Wildman–Crippen LogP) is 2.64. The van der Waals surface area contributed by atoms with Gasteiger partial charge in [-0.15, -0.1) is 11.3 Å². The van der Waals surface area contributed by atoms with E-state index in [1.165, 1.54) is 16.2 Å². The number of carbonyl (C=O) groups is 3. The zero-order valence-electron chi connectivity index (χ0n) is 14.0. The molecule has 3 amide bonds. The van der Waals surface area contributed by atoms with Crippen molar-refractivity contribution in [3.8, 4) is 0 Å². The van der Waals surface area contributed by atoms with E-state index in [1.54, 1.807) is 13.8 Å². The lowest BCUT2D eigenvalue weighted by atomic mass is 10.1. The topological polar surface area (TPSA) is 98.5 Å². The van der Waals surface area contributed by atoms with Gasteiger partial charge in [0.15, 0.2) is 6.10 Å². The third-order valence-corrected chi connectivity index (χ3v) is 4.52. The minimum Gasteiger partial charge on any atom is -0.448 e. The van der Waals surface area contributed by atoms with Crippen LogP contribution in [0.3, 0.4) is 0 Å². The summed E-state index contributed by atoms with van der Waals surface area (Å²) >= 11 is 1.40. The van der Waals surface area contributed by atoms with E-state index >= 15 is 0 Å². The van der Waals surface area contributed by atoms with E-state index in [0.717, 1.165) is 24.8 Å². The van der Waals surface area contributed by atoms with Gasteiger partial charge in [-0.2, -0.15) is 0 Å². The van der Waals surface area contributed by atoms with E-state index in [9.17, 15) is 14.4 Å². The first-order chi connectivity index (χ1) is 10.8. The minimum absolute atomic E-state index is 0.279. The molecule has 6 nitrogen and oxygen atoms in total. The SMILES string of the molecule is CCCc1sc(C(=O)O[C@H](C(=O)NC(N)=O)C(C)C)cc1CC. The monoisotopic (exact) mass is 340 g/mol. The standard InChI is InChI=1S/C16H24N2O4S/c1-5-7-11-10(6-2)8-12(23-11)15(20)22-13(9(3)4)14(19)18-16(17)21/h8-9,13H,5-7H2,1-4H3,(H3,17,18,19,21)/t13-/m0/s1. The summed E-state index contributed by atoms with van der Waals surface area (Å²) in [6.07, 6.45) is 1.69. The second-order valence-electron chi connectivity index (χ2n) is 5.59. The molecule has 0 aliphatic carbocycles. The van der Waals surface area contributed by atoms with Gasteiger partial charge in [-0.3, -0.25) is 10.1 Å². The molecule has 0 spiro atoms. The Labute approximate surface area is 140 Å². The lowest BCUT2D eigenvalue weighted by Gasteiger charge is -2.19. The Bertz CT molecular complexity index is 581. The summed E-state index contributed by atoms with van der Waals surface area (Å²) in [6, 6.07) is 0.854. The molecule has 0 saturated heterocycles. The van der Waals surface area contributed by atoms with Crippen molar-refractivity contribution in [3.63, 3.8) is 0 Å². The van der Waals surface area contributed by atoms with Gasteiger partial charge in [0.05, 0.1) is 0 Å². The highest BCUT2D eigenvalue weighted by Crippen LogP contribution is 2.26. The third kappa shape index (κ3) is 5.35. The number of urea groups is 1. The van der Waals surface area contributed by atoms with Crippen molar-refractivity contribution in [2.45, 2.75) is 53.1 Å². The summed E-state index contributed by atoms with van der Waals surface area (Å²) in [5.41, 5.74) is 6.07. The molecule has 0 radical (unpaired) electrons. The maximum absolute atomic E-state index is 12.3. The number of amides is 3. The number of aryl methyl sites for hydroxylation is 2. The van der Waals surface area contributed by atoms with Crippen LogP contribution in [0.5, 0.6) is 0 Å². The van der Waals surface area contributed by atoms with Gasteiger partial charge in [-0.1, -0.05) is 34.1 Å². The van der Waals surface area contributed by atoms with Crippen LogP contribution in [0.4, 0.5) is 4.79 Å². The molecule has 0 bridgehead atoms. The lowest BCUT2D eigenvalue weighted by Crippen LogP contribution is -2.45. The van der Waals surface area contributed by atoms with Gasteiger partial charge < -0.3 is 10.5 Å². The highest BCUT2D eigenvalue weighted by atomic mass is 32.1. The molecular formula is C16H24N2O4S. The van der Waals surface area contributed by atoms with Crippen molar-refractivity contribution in [3.05, 3.63) is 21.4 Å². The van der Waals surface area contributed by atoms with Gasteiger partial charge in [0, 0.05) is 4.88 Å². The van der Waals surface area contributed by atoms with Crippen LogP contribution in [0, 0.1) is 5.92 Å². The van der Waals surface area contributed by atoms with E-state index < -0.39 is 24.0 Å². The molecule has 1 heterocycles. The molecule has 0 unspecified atom stereocenters. The lowest BCUT2D eigenvalue weighted by molar-refractivity contribution is -0.130. The smallest absolute Gasteiger partial charge is 0.349 e. The zero-order valence-corrected chi connectivity index (χ0v) is 14.8. The van der Waals surface area contributed by atoms with Crippen molar-refractivity contribution in [1.82, 2.24) is 5.32 Å². The molecule has 3 N–H and O–H groups in total. The number of rotatable bonds is 7. The van der Waals surface area contributed by atoms with Gasteiger partial charge in [0.1, 0.15) is 4.88 Å². The summed E-state index contributed by atoms with van der Waals surface area (Å²) < 4.78 is 5.30. The van der Waals surface area contributed by atoms with Crippen LogP contribution in [-0.2, 0) is 22.4 Å². The molecule has 7 heteroatoms. The normalized spacial score (nSPS) is 12.0. The molecule has 1 atom stereocenters. The maximum atomic E-state index is 12.3. The average Bonchev–Trinajstić information content (AvgIpc) is 2.86. The van der Waals surface area contributed by atoms with Gasteiger partial charge in [0.2, 0.25) is 0 Å². The Morgan fingerprint density at radius 1 is 1.30 bits per heavy atom. The maximum Gasteiger partial charge on any atom is 0.349 e. The predicted molar refractivity (Wildman–Crippen MR) is 89.5 cm³/mol. The van der Waals surface area contributed by atoms with Crippen LogP contribution >= 0.6 is 11.3 Å². The van der Waals surface area contributed by atoms with Crippen molar-refractivity contribution in [2.75, 3.05) is 0 Å². The molecule has 23 heavy (non-hydrogen) atoms. The fourth-order valence-corrected chi connectivity index (χ4v) is 3.40. The van der Waals surface area contributed by atoms with Crippen molar-refractivity contribution >= 4 is 29.2 Å². The molecule has 1 aromatic rings. The number of imide groups is 1. The molecule has 1 rings (SSSR count).